The van der Waals surface area contributed by atoms with Crippen molar-refractivity contribution in [2.24, 2.45) is 5.92 Å². The van der Waals surface area contributed by atoms with Crippen LogP contribution in [0.15, 0.2) is 0 Å². The maximum atomic E-state index is 5.58. The maximum absolute atomic E-state index is 5.58. The zero-order chi connectivity index (χ0) is 12.0. The van der Waals surface area contributed by atoms with E-state index < -0.39 is 0 Å². The van der Waals surface area contributed by atoms with Crippen molar-refractivity contribution < 1.29 is 14.2 Å². The van der Waals surface area contributed by atoms with Crippen LogP contribution in [0.5, 0.6) is 0 Å². The van der Waals surface area contributed by atoms with Crippen LogP contribution in [-0.2, 0) is 14.2 Å². The molecule has 0 radical (unpaired) electrons. The molecule has 0 aromatic heterocycles. The van der Waals surface area contributed by atoms with Crippen molar-refractivity contribution >= 4 is 0 Å². The minimum atomic E-state index is 0.203. The number of ether oxygens (including phenoxy) is 3. The van der Waals surface area contributed by atoms with Gasteiger partial charge in [-0.05, 0) is 19.3 Å². The molecule has 96 valence electrons. The van der Waals surface area contributed by atoms with Crippen LogP contribution in [-0.4, -0.2) is 52.2 Å². The fourth-order valence-electron chi connectivity index (χ4n) is 2.17. The molecule has 1 rings (SSSR count). The van der Waals surface area contributed by atoms with Crippen LogP contribution in [0.4, 0.5) is 0 Å². The molecule has 0 aliphatic heterocycles. The first-order valence-corrected chi connectivity index (χ1v) is 6.09. The Balaban J connectivity index is 2.19. The van der Waals surface area contributed by atoms with Crippen molar-refractivity contribution in [3.05, 3.63) is 0 Å². The summed E-state index contributed by atoms with van der Waals surface area (Å²) in [5.41, 5.74) is 0. The zero-order valence-electron chi connectivity index (χ0n) is 10.9. The van der Waals surface area contributed by atoms with Gasteiger partial charge in [-0.15, -0.1) is 0 Å². The van der Waals surface area contributed by atoms with Crippen LogP contribution >= 0.6 is 0 Å². The second-order valence-corrected chi connectivity index (χ2v) is 4.51. The first-order chi connectivity index (χ1) is 7.72. The molecule has 1 aliphatic rings. The van der Waals surface area contributed by atoms with E-state index in [0.717, 1.165) is 26.2 Å². The first-order valence-electron chi connectivity index (χ1n) is 6.09. The molecule has 0 amide bonds. The minimum absolute atomic E-state index is 0.203. The topological polar surface area (TPSA) is 39.7 Å². The summed E-state index contributed by atoms with van der Waals surface area (Å²) in [6, 6.07) is 0.431. The lowest BCUT2D eigenvalue weighted by Gasteiger charge is -2.43. The molecule has 4 unspecified atom stereocenters. The summed E-state index contributed by atoms with van der Waals surface area (Å²) in [6.07, 6.45) is 1.52. The highest BCUT2D eigenvalue weighted by atomic mass is 16.5. The zero-order valence-corrected chi connectivity index (χ0v) is 10.9. The molecule has 0 aromatic carbocycles. The van der Waals surface area contributed by atoms with Crippen molar-refractivity contribution in [2.75, 3.05) is 34.0 Å². The number of methoxy groups -OCH3 is 2. The molecule has 0 heterocycles. The highest BCUT2D eigenvalue weighted by molar-refractivity contribution is 4.97. The molecule has 1 saturated carbocycles. The summed E-state index contributed by atoms with van der Waals surface area (Å²) in [4.78, 5) is 0. The molecule has 0 bridgehead atoms. The third-order valence-electron chi connectivity index (χ3n) is 3.08. The summed E-state index contributed by atoms with van der Waals surface area (Å²) in [7, 11) is 3.49. The molecule has 16 heavy (non-hydrogen) atoms. The summed E-state index contributed by atoms with van der Waals surface area (Å²) in [5.74, 6) is 0.536. The summed E-state index contributed by atoms with van der Waals surface area (Å²) in [6.45, 7) is 6.73. The van der Waals surface area contributed by atoms with Gasteiger partial charge in [0.1, 0.15) is 0 Å². The number of rotatable bonds is 8. The van der Waals surface area contributed by atoms with Crippen LogP contribution in [0.1, 0.15) is 20.3 Å². The summed E-state index contributed by atoms with van der Waals surface area (Å²) < 4.78 is 16.1. The van der Waals surface area contributed by atoms with Crippen LogP contribution in [0.3, 0.4) is 0 Å². The Morgan fingerprint density at radius 3 is 2.69 bits per heavy atom. The van der Waals surface area contributed by atoms with E-state index in [2.05, 4.69) is 12.2 Å². The lowest BCUT2D eigenvalue weighted by Crippen LogP contribution is -2.60. The third-order valence-corrected chi connectivity index (χ3v) is 3.08. The average Bonchev–Trinajstić information content (AvgIpc) is 2.23. The van der Waals surface area contributed by atoms with Crippen molar-refractivity contribution in [1.29, 1.82) is 0 Å². The highest BCUT2D eigenvalue weighted by Gasteiger charge is 2.41. The van der Waals surface area contributed by atoms with Crippen LogP contribution in [0, 0.1) is 5.92 Å². The molecular weight excluding hydrogens is 206 g/mol. The van der Waals surface area contributed by atoms with Crippen LogP contribution in [0.2, 0.25) is 0 Å². The van der Waals surface area contributed by atoms with Gasteiger partial charge in [0.25, 0.3) is 0 Å². The Bertz CT molecular complexity index is 189. The van der Waals surface area contributed by atoms with Gasteiger partial charge in [-0.2, -0.15) is 0 Å². The van der Waals surface area contributed by atoms with Gasteiger partial charge < -0.3 is 19.5 Å². The third kappa shape index (κ3) is 3.70. The predicted octanol–water partition coefficient (Wildman–Crippen LogP) is 1.05. The Hall–Kier alpha value is -0.160. The summed E-state index contributed by atoms with van der Waals surface area (Å²) in [5, 5.41) is 3.51. The van der Waals surface area contributed by atoms with E-state index in [4.69, 9.17) is 14.2 Å². The Morgan fingerprint density at radius 1 is 1.38 bits per heavy atom. The van der Waals surface area contributed by atoms with Gasteiger partial charge in [0.05, 0.1) is 12.2 Å². The maximum Gasteiger partial charge on any atom is 0.0986 e. The molecule has 1 aliphatic carbocycles. The number of nitrogens with one attached hydrogen (secondary N) is 1. The van der Waals surface area contributed by atoms with E-state index in [9.17, 15) is 0 Å². The molecule has 0 spiro atoms. The molecule has 4 nitrogen and oxygen atoms in total. The Morgan fingerprint density at radius 2 is 2.12 bits per heavy atom. The quantitative estimate of drug-likeness (QED) is 0.678. The largest absolute Gasteiger partial charge is 0.384 e. The van der Waals surface area contributed by atoms with Gasteiger partial charge in [-0.3, -0.25) is 0 Å². The molecule has 0 saturated heterocycles. The van der Waals surface area contributed by atoms with Crippen molar-refractivity contribution in [2.45, 2.75) is 38.5 Å². The fraction of sp³-hybridized carbons (Fsp3) is 1.00. The van der Waals surface area contributed by atoms with Gasteiger partial charge in [0.2, 0.25) is 0 Å². The lowest BCUT2D eigenvalue weighted by molar-refractivity contribution is -0.131. The normalized spacial score (nSPS) is 31.1. The molecule has 1 fully saturated rings. The van der Waals surface area contributed by atoms with E-state index in [1.54, 1.807) is 14.2 Å². The van der Waals surface area contributed by atoms with Gasteiger partial charge >= 0.3 is 0 Å². The SMILES string of the molecule is CCOC1CC(NCC(C)COC)C1OC. The smallest absolute Gasteiger partial charge is 0.0986 e. The second-order valence-electron chi connectivity index (χ2n) is 4.51. The van der Waals surface area contributed by atoms with E-state index in [-0.39, 0.29) is 12.2 Å². The average molecular weight is 231 g/mol. The summed E-state index contributed by atoms with van der Waals surface area (Å²) >= 11 is 0. The number of hydrogen-bond acceptors (Lipinski definition) is 4. The van der Waals surface area contributed by atoms with Crippen LogP contribution in [0.25, 0.3) is 0 Å². The minimum Gasteiger partial charge on any atom is -0.384 e. The lowest BCUT2D eigenvalue weighted by atomic mass is 9.85. The van der Waals surface area contributed by atoms with Crippen LogP contribution < -0.4 is 5.32 Å². The van der Waals surface area contributed by atoms with Gasteiger partial charge in [0.15, 0.2) is 0 Å². The second kappa shape index (κ2) is 7.22. The number of hydrogen-bond donors (Lipinski definition) is 1. The van der Waals surface area contributed by atoms with Crippen molar-refractivity contribution in [3.63, 3.8) is 0 Å². The van der Waals surface area contributed by atoms with E-state index in [1.165, 1.54) is 0 Å². The molecule has 4 atom stereocenters. The van der Waals surface area contributed by atoms with Gasteiger partial charge in [0, 0.05) is 40.0 Å². The van der Waals surface area contributed by atoms with Crippen molar-refractivity contribution in [1.82, 2.24) is 5.32 Å². The predicted molar refractivity (Wildman–Crippen MR) is 63.7 cm³/mol. The molecular formula is C12H25NO3. The van der Waals surface area contributed by atoms with E-state index in [1.807, 2.05) is 6.92 Å². The fourth-order valence-corrected chi connectivity index (χ4v) is 2.17. The Labute approximate surface area is 98.6 Å². The van der Waals surface area contributed by atoms with E-state index >= 15 is 0 Å². The Kier molecular flexibility index (Phi) is 6.28. The monoisotopic (exact) mass is 231 g/mol. The molecule has 1 N–H and O–H groups in total. The highest BCUT2D eigenvalue weighted by Crippen LogP contribution is 2.26. The van der Waals surface area contributed by atoms with E-state index in [0.29, 0.717) is 12.0 Å². The van der Waals surface area contributed by atoms with Crippen molar-refractivity contribution in [3.8, 4) is 0 Å². The first kappa shape index (κ1) is 13.9. The van der Waals surface area contributed by atoms with Gasteiger partial charge in [-0.1, -0.05) is 6.92 Å². The molecule has 0 aromatic rings. The molecule has 4 heteroatoms. The van der Waals surface area contributed by atoms with Gasteiger partial charge in [-0.25, -0.2) is 0 Å². The standard InChI is InChI=1S/C12H25NO3/c1-5-16-11-6-10(12(11)15-4)13-7-9(2)8-14-3/h9-13H,5-8H2,1-4H3.